The Labute approximate surface area is 99.3 Å². The van der Waals surface area contributed by atoms with Crippen LogP contribution in [0.25, 0.3) is 5.95 Å². The van der Waals surface area contributed by atoms with E-state index in [4.69, 9.17) is 0 Å². The van der Waals surface area contributed by atoms with Crippen LogP contribution >= 0.6 is 0 Å². The average Bonchev–Trinajstić information content (AvgIpc) is 2.89. The lowest BCUT2D eigenvalue weighted by molar-refractivity contribution is 0.719. The van der Waals surface area contributed by atoms with Gasteiger partial charge in [0.25, 0.3) is 5.95 Å². The summed E-state index contributed by atoms with van der Waals surface area (Å²) in [7, 11) is 1.78. The standard InChI is InChI=1S/C10H15N7/c1-3-4-5-8-14-9(11-2)16-10(15-8)17-7-12-6-13-17/h6-7H,3-5H2,1-2H3,(H,11,14,15,16). The maximum absolute atomic E-state index is 4.36. The van der Waals surface area contributed by atoms with Crippen molar-refractivity contribution in [2.75, 3.05) is 12.4 Å². The van der Waals surface area contributed by atoms with E-state index in [1.807, 2.05) is 0 Å². The summed E-state index contributed by atoms with van der Waals surface area (Å²) in [6.45, 7) is 2.14. The van der Waals surface area contributed by atoms with Gasteiger partial charge in [-0.2, -0.15) is 24.7 Å². The van der Waals surface area contributed by atoms with Crippen LogP contribution in [0.15, 0.2) is 12.7 Å². The smallest absolute Gasteiger partial charge is 0.257 e. The summed E-state index contributed by atoms with van der Waals surface area (Å²) in [5.41, 5.74) is 0. The third-order valence-corrected chi connectivity index (χ3v) is 2.27. The highest BCUT2D eigenvalue weighted by molar-refractivity contribution is 5.27. The highest BCUT2D eigenvalue weighted by atomic mass is 15.4. The van der Waals surface area contributed by atoms with E-state index in [1.54, 1.807) is 13.4 Å². The minimum absolute atomic E-state index is 0.493. The molecule has 2 aromatic rings. The van der Waals surface area contributed by atoms with Crippen molar-refractivity contribution < 1.29 is 0 Å². The van der Waals surface area contributed by atoms with E-state index in [-0.39, 0.29) is 0 Å². The van der Waals surface area contributed by atoms with E-state index >= 15 is 0 Å². The van der Waals surface area contributed by atoms with Crippen LogP contribution in [0.1, 0.15) is 25.6 Å². The molecule has 0 saturated carbocycles. The van der Waals surface area contributed by atoms with Crippen molar-refractivity contribution >= 4 is 5.95 Å². The molecule has 90 valence electrons. The van der Waals surface area contributed by atoms with Gasteiger partial charge >= 0.3 is 0 Å². The molecule has 17 heavy (non-hydrogen) atoms. The summed E-state index contributed by atoms with van der Waals surface area (Å²) in [5, 5.41) is 6.93. The molecule has 0 aliphatic heterocycles. The van der Waals surface area contributed by atoms with Gasteiger partial charge in [-0.05, 0) is 6.42 Å². The van der Waals surface area contributed by atoms with Crippen molar-refractivity contribution in [3.05, 3.63) is 18.5 Å². The van der Waals surface area contributed by atoms with Gasteiger partial charge < -0.3 is 5.32 Å². The highest BCUT2D eigenvalue weighted by Gasteiger charge is 2.07. The lowest BCUT2D eigenvalue weighted by atomic mass is 10.2. The second-order valence-electron chi connectivity index (χ2n) is 3.57. The Morgan fingerprint density at radius 2 is 2.18 bits per heavy atom. The number of anilines is 1. The molecule has 0 aliphatic carbocycles. The van der Waals surface area contributed by atoms with Crippen LogP contribution in [0, 0.1) is 0 Å². The Bertz CT molecular complexity index is 466. The van der Waals surface area contributed by atoms with E-state index in [2.05, 4.69) is 37.3 Å². The van der Waals surface area contributed by atoms with Crippen LogP contribution < -0.4 is 5.32 Å². The zero-order valence-corrected chi connectivity index (χ0v) is 9.96. The molecule has 2 aromatic heterocycles. The van der Waals surface area contributed by atoms with E-state index in [0.717, 1.165) is 25.1 Å². The number of hydrogen-bond acceptors (Lipinski definition) is 6. The fourth-order valence-corrected chi connectivity index (χ4v) is 1.38. The van der Waals surface area contributed by atoms with Gasteiger partial charge in [0.1, 0.15) is 18.5 Å². The van der Waals surface area contributed by atoms with Gasteiger partial charge in [0.05, 0.1) is 0 Å². The molecule has 7 nitrogen and oxygen atoms in total. The molecule has 2 heterocycles. The van der Waals surface area contributed by atoms with Crippen LogP contribution in [0.5, 0.6) is 0 Å². The zero-order chi connectivity index (χ0) is 12.1. The predicted molar refractivity (Wildman–Crippen MR) is 62.9 cm³/mol. The third kappa shape index (κ3) is 2.74. The minimum atomic E-state index is 0.493. The van der Waals surface area contributed by atoms with Gasteiger partial charge in [-0.25, -0.2) is 4.98 Å². The van der Waals surface area contributed by atoms with Crippen molar-refractivity contribution in [2.24, 2.45) is 0 Å². The SMILES string of the molecule is CCCCc1nc(NC)nc(-n2cncn2)n1. The molecule has 0 fully saturated rings. The summed E-state index contributed by atoms with van der Waals surface area (Å²) >= 11 is 0. The fraction of sp³-hybridized carbons (Fsp3) is 0.500. The Morgan fingerprint density at radius 1 is 1.29 bits per heavy atom. The molecule has 0 unspecified atom stereocenters. The van der Waals surface area contributed by atoms with Gasteiger partial charge in [-0.3, -0.25) is 0 Å². The maximum Gasteiger partial charge on any atom is 0.257 e. The molecule has 0 aliphatic rings. The van der Waals surface area contributed by atoms with Crippen molar-refractivity contribution in [3.63, 3.8) is 0 Å². The monoisotopic (exact) mass is 233 g/mol. The molecule has 0 spiro atoms. The van der Waals surface area contributed by atoms with Gasteiger partial charge in [0.2, 0.25) is 5.95 Å². The molecule has 0 aromatic carbocycles. The first-order valence-corrected chi connectivity index (χ1v) is 5.61. The first-order valence-electron chi connectivity index (χ1n) is 5.61. The molecule has 2 rings (SSSR count). The van der Waals surface area contributed by atoms with E-state index in [9.17, 15) is 0 Å². The normalized spacial score (nSPS) is 10.5. The largest absolute Gasteiger partial charge is 0.357 e. The van der Waals surface area contributed by atoms with Crippen LogP contribution in [-0.4, -0.2) is 36.8 Å². The summed E-state index contributed by atoms with van der Waals surface area (Å²) in [5.74, 6) is 1.82. The second kappa shape index (κ2) is 5.33. The third-order valence-electron chi connectivity index (χ3n) is 2.27. The number of aromatic nitrogens is 6. The molecule has 0 atom stereocenters. The lowest BCUT2D eigenvalue weighted by Crippen LogP contribution is -2.10. The average molecular weight is 233 g/mol. The van der Waals surface area contributed by atoms with Crippen molar-refractivity contribution in [2.45, 2.75) is 26.2 Å². The van der Waals surface area contributed by atoms with Crippen LogP contribution in [0.3, 0.4) is 0 Å². The van der Waals surface area contributed by atoms with Crippen LogP contribution in [0.4, 0.5) is 5.95 Å². The van der Waals surface area contributed by atoms with Gasteiger partial charge in [0, 0.05) is 13.5 Å². The molecule has 0 saturated heterocycles. The minimum Gasteiger partial charge on any atom is -0.357 e. The quantitative estimate of drug-likeness (QED) is 0.824. The fourth-order valence-electron chi connectivity index (χ4n) is 1.38. The zero-order valence-electron chi connectivity index (χ0n) is 9.96. The van der Waals surface area contributed by atoms with Crippen molar-refractivity contribution in [1.29, 1.82) is 0 Å². The Balaban J connectivity index is 2.32. The second-order valence-corrected chi connectivity index (χ2v) is 3.57. The summed E-state index contributed by atoms with van der Waals surface area (Å²) in [6.07, 6.45) is 6.03. The van der Waals surface area contributed by atoms with Gasteiger partial charge in [-0.1, -0.05) is 13.3 Å². The Hall–Kier alpha value is -2.05. The van der Waals surface area contributed by atoms with E-state index in [1.165, 1.54) is 11.0 Å². The van der Waals surface area contributed by atoms with Gasteiger partial charge in [-0.15, -0.1) is 0 Å². The van der Waals surface area contributed by atoms with Crippen LogP contribution in [0.2, 0.25) is 0 Å². The molecular weight excluding hydrogens is 218 g/mol. The number of nitrogens with one attached hydrogen (secondary N) is 1. The number of aryl methyl sites for hydroxylation is 1. The number of rotatable bonds is 5. The Kier molecular flexibility index (Phi) is 3.59. The Morgan fingerprint density at radius 3 is 2.82 bits per heavy atom. The molecule has 0 amide bonds. The molecular formula is C10H15N7. The summed E-state index contributed by atoms with van der Waals surface area (Å²) in [4.78, 5) is 16.8. The predicted octanol–water partition coefficient (Wildman–Crippen LogP) is 0.837. The van der Waals surface area contributed by atoms with Crippen LogP contribution in [-0.2, 0) is 6.42 Å². The first kappa shape index (κ1) is 11.4. The highest BCUT2D eigenvalue weighted by Crippen LogP contribution is 2.06. The molecule has 1 N–H and O–H groups in total. The molecule has 7 heteroatoms. The number of unbranched alkanes of at least 4 members (excludes halogenated alkanes) is 1. The number of hydrogen-bond donors (Lipinski definition) is 1. The maximum atomic E-state index is 4.36. The molecule has 0 bridgehead atoms. The van der Waals surface area contributed by atoms with E-state index in [0.29, 0.717) is 11.9 Å². The molecule has 0 radical (unpaired) electrons. The van der Waals surface area contributed by atoms with E-state index < -0.39 is 0 Å². The lowest BCUT2D eigenvalue weighted by Gasteiger charge is -2.05. The first-order chi connectivity index (χ1) is 8.33. The van der Waals surface area contributed by atoms with Gasteiger partial charge in [0.15, 0.2) is 0 Å². The summed E-state index contributed by atoms with van der Waals surface area (Å²) in [6, 6.07) is 0. The van der Waals surface area contributed by atoms with Crippen molar-refractivity contribution in [3.8, 4) is 5.95 Å². The number of nitrogens with zero attached hydrogens (tertiary/aromatic N) is 6. The van der Waals surface area contributed by atoms with Crippen molar-refractivity contribution in [1.82, 2.24) is 29.7 Å². The summed E-state index contributed by atoms with van der Waals surface area (Å²) < 4.78 is 1.53. The topological polar surface area (TPSA) is 81.4 Å².